The van der Waals surface area contributed by atoms with E-state index in [1.54, 1.807) is 24.5 Å². The fourth-order valence-corrected chi connectivity index (χ4v) is 4.43. The van der Waals surface area contributed by atoms with Gasteiger partial charge < -0.3 is 19.5 Å². The van der Waals surface area contributed by atoms with Crippen molar-refractivity contribution in [3.8, 4) is 34.4 Å². The van der Waals surface area contributed by atoms with Crippen molar-refractivity contribution >= 4 is 5.95 Å². The van der Waals surface area contributed by atoms with Crippen LogP contribution in [0.1, 0.15) is 32.3 Å². The zero-order chi connectivity index (χ0) is 26.0. The molecule has 9 heteroatoms. The van der Waals surface area contributed by atoms with Crippen LogP contribution in [0.5, 0.6) is 17.2 Å². The van der Waals surface area contributed by atoms with Crippen LogP contribution in [0.4, 0.5) is 10.3 Å². The second-order valence-electron chi connectivity index (χ2n) is 8.72. The van der Waals surface area contributed by atoms with Gasteiger partial charge in [-0.25, -0.2) is 14.4 Å². The lowest BCUT2D eigenvalue weighted by Gasteiger charge is -2.32. The van der Waals surface area contributed by atoms with Crippen molar-refractivity contribution in [3.63, 3.8) is 0 Å². The molecule has 0 aliphatic carbocycles. The van der Waals surface area contributed by atoms with E-state index in [2.05, 4.69) is 32.3 Å². The Bertz CT molecular complexity index is 1160. The predicted molar refractivity (Wildman–Crippen MR) is 139 cm³/mol. The van der Waals surface area contributed by atoms with Crippen molar-refractivity contribution in [1.29, 1.82) is 5.26 Å². The number of nitrogens with zero attached hydrogens (tertiary/aromatic N) is 4. The molecule has 0 atom stereocenters. The highest BCUT2D eigenvalue weighted by Crippen LogP contribution is 2.40. The summed E-state index contributed by atoms with van der Waals surface area (Å²) in [5.74, 6) is 2.24. The quantitative estimate of drug-likeness (QED) is 0.387. The average molecular weight is 506 g/mol. The number of benzene rings is 2. The lowest BCUT2D eigenvalue weighted by molar-refractivity contribution is 0.210. The third-order valence-corrected chi connectivity index (χ3v) is 6.12. The molecular weight excluding hydrogens is 473 g/mol. The van der Waals surface area contributed by atoms with Crippen LogP contribution in [0.25, 0.3) is 11.1 Å². The maximum atomic E-state index is 13.5. The second kappa shape index (κ2) is 12.9. The van der Waals surface area contributed by atoms with Gasteiger partial charge in [0.05, 0.1) is 31.2 Å². The summed E-state index contributed by atoms with van der Waals surface area (Å²) in [4.78, 5) is 11.0. The molecule has 37 heavy (non-hydrogen) atoms. The first kappa shape index (κ1) is 26.2. The zero-order valence-electron chi connectivity index (χ0n) is 21.2. The SMILES string of the molecule is CCOc1cc(CN2CCC(Nc3ncc(OCC#N)cn3)CC2)cc(OCC)c1-c1ccc(F)cc1. The predicted octanol–water partition coefficient (Wildman–Crippen LogP) is 5.06. The van der Waals surface area contributed by atoms with Crippen LogP contribution >= 0.6 is 0 Å². The molecule has 1 fully saturated rings. The van der Waals surface area contributed by atoms with Gasteiger partial charge in [-0.1, -0.05) is 12.1 Å². The maximum absolute atomic E-state index is 13.5. The monoisotopic (exact) mass is 505 g/mol. The Balaban J connectivity index is 1.41. The minimum Gasteiger partial charge on any atom is -0.493 e. The normalized spacial score (nSPS) is 14.1. The number of nitriles is 1. The van der Waals surface area contributed by atoms with Gasteiger partial charge in [0.15, 0.2) is 12.4 Å². The van der Waals surface area contributed by atoms with Crippen molar-refractivity contribution in [3.05, 3.63) is 60.2 Å². The molecule has 194 valence electrons. The molecule has 8 nitrogen and oxygen atoms in total. The molecule has 1 saturated heterocycles. The number of hydrogen-bond acceptors (Lipinski definition) is 8. The Kier molecular flexibility index (Phi) is 9.11. The summed E-state index contributed by atoms with van der Waals surface area (Å²) in [5.41, 5.74) is 2.82. The first-order valence-electron chi connectivity index (χ1n) is 12.6. The van der Waals surface area contributed by atoms with E-state index in [1.165, 1.54) is 12.1 Å². The van der Waals surface area contributed by atoms with Gasteiger partial charge in [0.1, 0.15) is 23.4 Å². The minimum atomic E-state index is -0.276. The number of aromatic nitrogens is 2. The summed E-state index contributed by atoms with van der Waals surface area (Å²) in [6, 6.07) is 12.8. The van der Waals surface area contributed by atoms with Crippen molar-refractivity contribution in [1.82, 2.24) is 14.9 Å². The Morgan fingerprint density at radius 3 is 2.19 bits per heavy atom. The third kappa shape index (κ3) is 7.08. The fourth-order valence-electron chi connectivity index (χ4n) is 4.43. The Morgan fingerprint density at radius 2 is 1.62 bits per heavy atom. The minimum absolute atomic E-state index is 0.0261. The van der Waals surface area contributed by atoms with Gasteiger partial charge in [0.2, 0.25) is 5.95 Å². The number of rotatable bonds is 11. The van der Waals surface area contributed by atoms with Crippen LogP contribution < -0.4 is 19.5 Å². The van der Waals surface area contributed by atoms with E-state index in [4.69, 9.17) is 19.5 Å². The molecular formula is C28H32FN5O3. The number of halogens is 1. The van der Waals surface area contributed by atoms with Crippen LogP contribution in [0.3, 0.4) is 0 Å². The van der Waals surface area contributed by atoms with E-state index in [0.29, 0.717) is 24.9 Å². The molecule has 0 spiro atoms. The van der Waals surface area contributed by atoms with Gasteiger partial charge in [0.25, 0.3) is 0 Å². The Labute approximate surface area is 217 Å². The summed E-state index contributed by atoms with van der Waals surface area (Å²) in [5, 5.41) is 12.0. The highest BCUT2D eigenvalue weighted by atomic mass is 19.1. The highest BCUT2D eigenvalue weighted by Gasteiger charge is 2.22. The van der Waals surface area contributed by atoms with Gasteiger partial charge in [-0.2, -0.15) is 5.26 Å². The summed E-state index contributed by atoms with van der Waals surface area (Å²) in [7, 11) is 0. The van der Waals surface area contributed by atoms with E-state index in [-0.39, 0.29) is 18.5 Å². The zero-order valence-corrected chi connectivity index (χ0v) is 21.2. The smallest absolute Gasteiger partial charge is 0.223 e. The molecule has 0 saturated carbocycles. The molecule has 3 aromatic rings. The standard InChI is InChI=1S/C28H32FN5O3/c1-3-35-25-15-20(16-26(36-4-2)27(25)21-5-7-22(29)8-6-21)19-34-12-9-23(10-13-34)33-28-31-17-24(18-32-28)37-14-11-30/h5-8,15-18,23H,3-4,9-10,12-14,19H2,1-2H3,(H,31,32,33). The molecule has 0 radical (unpaired) electrons. The molecule has 1 aromatic heterocycles. The van der Waals surface area contributed by atoms with Crippen molar-refractivity contribution in [2.45, 2.75) is 39.3 Å². The molecule has 0 bridgehead atoms. The van der Waals surface area contributed by atoms with Gasteiger partial charge in [-0.15, -0.1) is 0 Å². The van der Waals surface area contributed by atoms with Gasteiger partial charge in [0, 0.05) is 25.7 Å². The Hall–Kier alpha value is -3.90. The lowest BCUT2D eigenvalue weighted by Crippen LogP contribution is -2.39. The number of piperidine rings is 1. The van der Waals surface area contributed by atoms with Crippen LogP contribution in [0.2, 0.25) is 0 Å². The first-order chi connectivity index (χ1) is 18.1. The van der Waals surface area contributed by atoms with E-state index in [1.807, 2.05) is 19.9 Å². The van der Waals surface area contributed by atoms with E-state index in [0.717, 1.165) is 60.7 Å². The van der Waals surface area contributed by atoms with Gasteiger partial charge in [-0.3, -0.25) is 4.90 Å². The first-order valence-corrected chi connectivity index (χ1v) is 12.6. The highest BCUT2D eigenvalue weighted by molar-refractivity contribution is 5.77. The average Bonchev–Trinajstić information content (AvgIpc) is 2.91. The molecule has 2 heterocycles. The van der Waals surface area contributed by atoms with Crippen LogP contribution in [-0.2, 0) is 6.54 Å². The molecule has 1 aliphatic heterocycles. The van der Waals surface area contributed by atoms with E-state index >= 15 is 0 Å². The van der Waals surface area contributed by atoms with E-state index < -0.39 is 0 Å². The second-order valence-corrected chi connectivity index (χ2v) is 8.72. The van der Waals surface area contributed by atoms with Gasteiger partial charge in [-0.05, 0) is 62.1 Å². The Morgan fingerprint density at radius 1 is 1.00 bits per heavy atom. The number of hydrogen-bond donors (Lipinski definition) is 1. The number of ether oxygens (including phenoxy) is 3. The lowest BCUT2D eigenvalue weighted by atomic mass is 9.99. The molecule has 1 aliphatic rings. The van der Waals surface area contributed by atoms with Crippen molar-refractivity contribution in [2.24, 2.45) is 0 Å². The third-order valence-electron chi connectivity index (χ3n) is 6.12. The number of anilines is 1. The molecule has 4 rings (SSSR count). The van der Waals surface area contributed by atoms with Crippen LogP contribution in [0.15, 0.2) is 48.8 Å². The summed E-state index contributed by atoms with van der Waals surface area (Å²) in [6.45, 7) is 7.55. The van der Waals surface area contributed by atoms with Crippen LogP contribution in [0, 0.1) is 17.1 Å². The summed E-state index contributed by atoms with van der Waals surface area (Å²) >= 11 is 0. The molecule has 0 unspecified atom stereocenters. The van der Waals surface area contributed by atoms with E-state index in [9.17, 15) is 4.39 Å². The molecule has 2 aromatic carbocycles. The number of likely N-dealkylation sites (tertiary alicyclic amines) is 1. The fraction of sp³-hybridized carbons (Fsp3) is 0.393. The van der Waals surface area contributed by atoms with Crippen molar-refractivity contribution < 1.29 is 18.6 Å². The molecule has 0 amide bonds. The largest absolute Gasteiger partial charge is 0.493 e. The number of nitrogens with one attached hydrogen (secondary N) is 1. The topological polar surface area (TPSA) is 92.5 Å². The summed E-state index contributed by atoms with van der Waals surface area (Å²) < 4.78 is 30.8. The maximum Gasteiger partial charge on any atom is 0.223 e. The van der Waals surface area contributed by atoms with Crippen LogP contribution in [-0.4, -0.2) is 53.8 Å². The molecule has 1 N–H and O–H groups in total. The summed E-state index contributed by atoms with van der Waals surface area (Å²) in [6.07, 6.45) is 5.06. The van der Waals surface area contributed by atoms with Crippen molar-refractivity contribution in [2.75, 3.05) is 38.2 Å². The van der Waals surface area contributed by atoms with Gasteiger partial charge >= 0.3 is 0 Å².